The fraction of sp³-hybridized carbons (Fsp3) is 0.364. The number of rotatable bonds is 1. The van der Waals surface area contributed by atoms with E-state index in [1.165, 1.54) is 24.3 Å². The maximum Gasteiger partial charge on any atom is 0.335 e. The number of nitrogens with one attached hydrogen (secondary N) is 2. The molecule has 5 heteroatoms. The van der Waals surface area contributed by atoms with Crippen LogP contribution in [-0.2, 0) is 0 Å². The second-order valence-electron chi connectivity index (χ2n) is 3.35. The Bertz CT molecular complexity index is 309. The first kappa shape index (κ1) is 12.5. The van der Waals surface area contributed by atoms with Crippen LogP contribution in [0.3, 0.4) is 0 Å². The van der Waals surface area contributed by atoms with Crippen molar-refractivity contribution in [3.63, 3.8) is 0 Å². The largest absolute Gasteiger partial charge is 0.508 e. The van der Waals surface area contributed by atoms with Gasteiger partial charge in [-0.05, 0) is 24.3 Å². The SMILES string of the molecule is C1CNCCN1.O=C(O)c1ccc(O)cc1. The number of aromatic hydroxyl groups is 1. The number of aromatic carboxylic acids is 1. The number of hydrogen-bond donors (Lipinski definition) is 4. The van der Waals surface area contributed by atoms with Gasteiger partial charge in [-0.25, -0.2) is 4.79 Å². The van der Waals surface area contributed by atoms with E-state index in [-0.39, 0.29) is 11.3 Å². The smallest absolute Gasteiger partial charge is 0.335 e. The van der Waals surface area contributed by atoms with E-state index in [9.17, 15) is 4.79 Å². The van der Waals surface area contributed by atoms with Gasteiger partial charge in [0.05, 0.1) is 5.56 Å². The number of hydrogen-bond acceptors (Lipinski definition) is 4. The predicted octanol–water partition coefficient (Wildman–Crippen LogP) is 0.270. The van der Waals surface area contributed by atoms with E-state index in [1.807, 2.05) is 0 Å². The van der Waals surface area contributed by atoms with E-state index in [0.29, 0.717) is 0 Å². The molecule has 0 radical (unpaired) electrons. The van der Waals surface area contributed by atoms with Crippen molar-refractivity contribution in [3.8, 4) is 5.75 Å². The molecule has 0 aliphatic carbocycles. The normalized spacial score (nSPS) is 14.8. The van der Waals surface area contributed by atoms with Crippen molar-refractivity contribution < 1.29 is 15.0 Å². The van der Waals surface area contributed by atoms with Crippen molar-refractivity contribution in [2.45, 2.75) is 0 Å². The first-order valence-corrected chi connectivity index (χ1v) is 5.14. The van der Waals surface area contributed by atoms with Gasteiger partial charge in [0.1, 0.15) is 5.75 Å². The van der Waals surface area contributed by atoms with Crippen LogP contribution in [0.25, 0.3) is 0 Å². The van der Waals surface area contributed by atoms with Gasteiger partial charge in [-0.15, -0.1) is 0 Å². The fourth-order valence-electron chi connectivity index (χ4n) is 1.21. The van der Waals surface area contributed by atoms with Crippen LogP contribution in [0.15, 0.2) is 24.3 Å². The standard InChI is InChI=1S/C7H6O3.C4H10N2/c8-6-3-1-5(2-4-6)7(9)10;1-2-6-4-3-5-1/h1-4,8H,(H,9,10);5-6H,1-4H2. The van der Waals surface area contributed by atoms with Crippen molar-refractivity contribution in [3.05, 3.63) is 29.8 Å². The second kappa shape index (κ2) is 6.81. The highest BCUT2D eigenvalue weighted by Crippen LogP contribution is 2.08. The molecule has 5 nitrogen and oxygen atoms in total. The molecule has 88 valence electrons. The molecule has 2 rings (SSSR count). The van der Waals surface area contributed by atoms with Gasteiger partial charge in [0, 0.05) is 26.2 Å². The minimum Gasteiger partial charge on any atom is -0.508 e. The summed E-state index contributed by atoms with van der Waals surface area (Å²) in [4.78, 5) is 10.2. The monoisotopic (exact) mass is 224 g/mol. The summed E-state index contributed by atoms with van der Waals surface area (Å²) in [7, 11) is 0. The van der Waals surface area contributed by atoms with Crippen LogP contribution >= 0.6 is 0 Å². The lowest BCUT2D eigenvalue weighted by Gasteiger charge is -2.11. The van der Waals surface area contributed by atoms with Crippen LogP contribution in [0.2, 0.25) is 0 Å². The Morgan fingerprint density at radius 1 is 1.00 bits per heavy atom. The van der Waals surface area contributed by atoms with Crippen LogP contribution in [-0.4, -0.2) is 42.4 Å². The first-order chi connectivity index (χ1) is 7.70. The molecule has 1 fully saturated rings. The van der Waals surface area contributed by atoms with Crippen LogP contribution in [0.1, 0.15) is 10.4 Å². The van der Waals surface area contributed by atoms with Crippen molar-refractivity contribution in [1.82, 2.24) is 10.6 Å². The Hall–Kier alpha value is -1.59. The van der Waals surface area contributed by atoms with Gasteiger partial charge in [-0.2, -0.15) is 0 Å². The molecular formula is C11H16N2O3. The zero-order chi connectivity index (χ0) is 11.8. The van der Waals surface area contributed by atoms with E-state index in [0.717, 1.165) is 26.2 Å². The van der Waals surface area contributed by atoms with Crippen molar-refractivity contribution in [1.29, 1.82) is 0 Å². The molecule has 0 aromatic heterocycles. The number of carbonyl (C=O) groups is 1. The molecule has 0 atom stereocenters. The Morgan fingerprint density at radius 2 is 1.44 bits per heavy atom. The van der Waals surface area contributed by atoms with Gasteiger partial charge in [0.15, 0.2) is 0 Å². The Balaban J connectivity index is 0.000000181. The van der Waals surface area contributed by atoms with E-state index < -0.39 is 5.97 Å². The van der Waals surface area contributed by atoms with Crippen LogP contribution in [0.5, 0.6) is 5.75 Å². The van der Waals surface area contributed by atoms with Gasteiger partial charge in [0.25, 0.3) is 0 Å². The highest BCUT2D eigenvalue weighted by atomic mass is 16.4. The van der Waals surface area contributed by atoms with Crippen molar-refractivity contribution in [2.75, 3.05) is 26.2 Å². The summed E-state index contributed by atoms with van der Waals surface area (Å²) >= 11 is 0. The zero-order valence-corrected chi connectivity index (χ0v) is 8.94. The van der Waals surface area contributed by atoms with Crippen molar-refractivity contribution >= 4 is 5.97 Å². The maximum absolute atomic E-state index is 10.2. The number of piperazine rings is 1. The third-order valence-corrected chi connectivity index (χ3v) is 2.07. The molecule has 0 bridgehead atoms. The molecule has 0 saturated carbocycles. The van der Waals surface area contributed by atoms with Crippen molar-refractivity contribution in [2.24, 2.45) is 0 Å². The number of carboxylic acid groups (broad SMARTS) is 1. The van der Waals surface area contributed by atoms with Gasteiger partial charge < -0.3 is 20.8 Å². The molecule has 1 aliphatic rings. The molecule has 1 heterocycles. The van der Waals surface area contributed by atoms with E-state index in [1.54, 1.807) is 0 Å². The topological polar surface area (TPSA) is 81.6 Å². The number of carboxylic acids is 1. The molecule has 0 spiro atoms. The lowest BCUT2D eigenvalue weighted by molar-refractivity contribution is 0.0697. The predicted molar refractivity (Wildman–Crippen MR) is 60.8 cm³/mol. The second-order valence-corrected chi connectivity index (χ2v) is 3.35. The maximum atomic E-state index is 10.2. The summed E-state index contributed by atoms with van der Waals surface area (Å²) in [5.41, 5.74) is 0.179. The molecule has 1 aliphatic heterocycles. The highest BCUT2D eigenvalue weighted by Gasteiger charge is 1.99. The molecule has 16 heavy (non-hydrogen) atoms. The van der Waals surface area contributed by atoms with Gasteiger partial charge in [-0.1, -0.05) is 0 Å². The fourth-order valence-corrected chi connectivity index (χ4v) is 1.21. The Labute approximate surface area is 94.1 Å². The molecular weight excluding hydrogens is 208 g/mol. The van der Waals surface area contributed by atoms with E-state index in [4.69, 9.17) is 10.2 Å². The first-order valence-electron chi connectivity index (χ1n) is 5.14. The average molecular weight is 224 g/mol. The highest BCUT2D eigenvalue weighted by molar-refractivity contribution is 5.87. The number of phenols is 1. The Morgan fingerprint density at radius 3 is 1.75 bits per heavy atom. The molecule has 0 amide bonds. The molecule has 0 unspecified atom stereocenters. The lowest BCUT2D eigenvalue weighted by atomic mass is 10.2. The summed E-state index contributed by atoms with van der Waals surface area (Å²) < 4.78 is 0. The zero-order valence-electron chi connectivity index (χ0n) is 8.94. The van der Waals surface area contributed by atoms with E-state index >= 15 is 0 Å². The van der Waals surface area contributed by atoms with Gasteiger partial charge in [-0.3, -0.25) is 0 Å². The average Bonchev–Trinajstić information content (AvgIpc) is 2.32. The minimum atomic E-state index is -0.986. The lowest BCUT2D eigenvalue weighted by Crippen LogP contribution is -2.39. The van der Waals surface area contributed by atoms with E-state index in [2.05, 4.69) is 10.6 Å². The number of phenolic OH excluding ortho intramolecular Hbond substituents is 1. The minimum absolute atomic E-state index is 0.0741. The summed E-state index contributed by atoms with van der Waals surface area (Å²) in [6.07, 6.45) is 0. The third-order valence-electron chi connectivity index (χ3n) is 2.07. The quantitative estimate of drug-likeness (QED) is 0.550. The van der Waals surface area contributed by atoms with Crippen LogP contribution in [0, 0.1) is 0 Å². The van der Waals surface area contributed by atoms with Crippen LogP contribution in [0.4, 0.5) is 0 Å². The summed E-state index contributed by atoms with van der Waals surface area (Å²) in [6.45, 7) is 4.56. The summed E-state index contributed by atoms with van der Waals surface area (Å²) in [5, 5.41) is 23.6. The van der Waals surface area contributed by atoms with Gasteiger partial charge >= 0.3 is 5.97 Å². The van der Waals surface area contributed by atoms with Gasteiger partial charge in [0.2, 0.25) is 0 Å². The molecule has 1 aromatic rings. The molecule has 1 saturated heterocycles. The Kier molecular flexibility index (Phi) is 5.31. The van der Waals surface area contributed by atoms with Crippen LogP contribution < -0.4 is 10.6 Å². The summed E-state index contributed by atoms with van der Waals surface area (Å²) in [6, 6.07) is 5.36. The third kappa shape index (κ3) is 4.77. The summed E-state index contributed by atoms with van der Waals surface area (Å²) in [5.74, 6) is -0.912. The molecule has 1 aromatic carbocycles. The molecule has 4 N–H and O–H groups in total. The number of benzene rings is 1.